The predicted molar refractivity (Wildman–Crippen MR) is 77.9 cm³/mol. The Labute approximate surface area is 117 Å². The highest BCUT2D eigenvalue weighted by Gasteiger charge is 2.28. The van der Waals surface area contributed by atoms with Crippen LogP contribution >= 0.6 is 0 Å². The predicted octanol–water partition coefficient (Wildman–Crippen LogP) is 1.59. The third-order valence-corrected chi connectivity index (χ3v) is 4.71. The summed E-state index contributed by atoms with van der Waals surface area (Å²) in [6.07, 6.45) is 8.35. The van der Waals surface area contributed by atoms with E-state index in [0.29, 0.717) is 24.5 Å². The monoisotopic (exact) mass is 267 g/mol. The number of nitrogens with two attached hydrogens (primary N) is 1. The average Bonchev–Trinajstić information content (AvgIpc) is 2.41. The Morgan fingerprint density at radius 1 is 1.16 bits per heavy atom. The van der Waals surface area contributed by atoms with Crippen LogP contribution < -0.4 is 5.73 Å². The smallest absolute Gasteiger partial charge is 0.236 e. The molecule has 0 radical (unpaired) electrons. The summed E-state index contributed by atoms with van der Waals surface area (Å²) in [5.74, 6) is 0.330. The summed E-state index contributed by atoms with van der Waals surface area (Å²) < 4.78 is 0. The van der Waals surface area contributed by atoms with E-state index in [1.807, 2.05) is 0 Å². The van der Waals surface area contributed by atoms with Crippen LogP contribution in [-0.4, -0.2) is 54.0 Å². The van der Waals surface area contributed by atoms with Crippen LogP contribution in [0.1, 0.15) is 51.9 Å². The van der Waals surface area contributed by atoms with Crippen molar-refractivity contribution in [3.63, 3.8) is 0 Å². The number of carbonyl (C=O) groups excluding carboxylic acids is 1. The van der Waals surface area contributed by atoms with Crippen LogP contribution in [0.5, 0.6) is 0 Å². The van der Waals surface area contributed by atoms with Crippen molar-refractivity contribution in [2.75, 3.05) is 26.2 Å². The molecule has 2 aliphatic heterocycles. The fourth-order valence-corrected chi connectivity index (χ4v) is 3.52. The molecule has 4 nitrogen and oxygen atoms in total. The zero-order valence-electron chi connectivity index (χ0n) is 12.3. The Morgan fingerprint density at radius 2 is 1.89 bits per heavy atom. The van der Waals surface area contributed by atoms with Crippen molar-refractivity contribution in [3.8, 4) is 0 Å². The first kappa shape index (κ1) is 14.8. The van der Waals surface area contributed by atoms with E-state index >= 15 is 0 Å². The average molecular weight is 267 g/mol. The molecule has 110 valence electrons. The normalized spacial score (nSPS) is 29.5. The van der Waals surface area contributed by atoms with Gasteiger partial charge in [-0.15, -0.1) is 0 Å². The maximum absolute atomic E-state index is 12.5. The van der Waals surface area contributed by atoms with Gasteiger partial charge in [0.15, 0.2) is 0 Å². The lowest BCUT2D eigenvalue weighted by molar-refractivity contribution is -0.136. The summed E-state index contributed by atoms with van der Waals surface area (Å²) in [5, 5.41) is 0. The molecule has 4 heteroatoms. The van der Waals surface area contributed by atoms with E-state index in [2.05, 4.69) is 16.7 Å². The van der Waals surface area contributed by atoms with Gasteiger partial charge >= 0.3 is 0 Å². The number of nitrogens with zero attached hydrogens (tertiary/aromatic N) is 2. The van der Waals surface area contributed by atoms with Crippen LogP contribution in [0.25, 0.3) is 0 Å². The minimum absolute atomic E-state index is 0.330. The number of likely N-dealkylation sites (tertiary alicyclic amines) is 2. The molecule has 0 spiro atoms. The van der Waals surface area contributed by atoms with Gasteiger partial charge in [-0.2, -0.15) is 0 Å². The SMILES string of the molecule is CC1CCCCN1C(=O)CN1CCCCC1CCN. The van der Waals surface area contributed by atoms with Crippen LogP contribution in [0.3, 0.4) is 0 Å². The van der Waals surface area contributed by atoms with E-state index in [1.165, 1.54) is 32.1 Å². The molecule has 2 fully saturated rings. The van der Waals surface area contributed by atoms with Crippen LogP contribution in [0.15, 0.2) is 0 Å². The zero-order chi connectivity index (χ0) is 13.7. The molecule has 2 unspecified atom stereocenters. The highest BCUT2D eigenvalue weighted by molar-refractivity contribution is 5.78. The Hall–Kier alpha value is -0.610. The molecule has 2 atom stereocenters. The molecule has 19 heavy (non-hydrogen) atoms. The molecule has 0 aromatic carbocycles. The third-order valence-electron chi connectivity index (χ3n) is 4.71. The lowest BCUT2D eigenvalue weighted by Crippen LogP contribution is -2.50. The van der Waals surface area contributed by atoms with Gasteiger partial charge in [-0.25, -0.2) is 0 Å². The van der Waals surface area contributed by atoms with Gasteiger partial charge in [-0.1, -0.05) is 6.42 Å². The molecule has 0 saturated carbocycles. The summed E-state index contributed by atoms with van der Waals surface area (Å²) in [4.78, 5) is 16.9. The van der Waals surface area contributed by atoms with Crippen molar-refractivity contribution in [1.82, 2.24) is 9.80 Å². The van der Waals surface area contributed by atoms with Crippen molar-refractivity contribution >= 4 is 5.91 Å². The molecule has 0 aromatic rings. The summed E-state index contributed by atoms with van der Waals surface area (Å²) in [6.45, 7) is 5.54. The number of piperidine rings is 2. The first-order chi connectivity index (χ1) is 9.22. The minimum atomic E-state index is 0.330. The van der Waals surface area contributed by atoms with Crippen LogP contribution in [-0.2, 0) is 4.79 Å². The fraction of sp³-hybridized carbons (Fsp3) is 0.933. The minimum Gasteiger partial charge on any atom is -0.339 e. The molecule has 1 amide bonds. The fourth-order valence-electron chi connectivity index (χ4n) is 3.52. The summed E-state index contributed by atoms with van der Waals surface area (Å²) in [6, 6.07) is 0.960. The van der Waals surface area contributed by atoms with E-state index in [1.54, 1.807) is 0 Å². The van der Waals surface area contributed by atoms with Gasteiger partial charge in [0.1, 0.15) is 0 Å². The van der Waals surface area contributed by atoms with Gasteiger partial charge in [-0.3, -0.25) is 9.69 Å². The van der Waals surface area contributed by atoms with E-state index in [0.717, 1.165) is 32.5 Å². The number of hydrogen-bond donors (Lipinski definition) is 1. The Kier molecular flexibility index (Phi) is 5.64. The van der Waals surface area contributed by atoms with Crippen LogP contribution in [0, 0.1) is 0 Å². The van der Waals surface area contributed by atoms with Gasteiger partial charge in [0.05, 0.1) is 6.54 Å². The molecule has 0 bridgehead atoms. The summed E-state index contributed by atoms with van der Waals surface area (Å²) in [7, 11) is 0. The number of hydrogen-bond acceptors (Lipinski definition) is 3. The molecule has 2 heterocycles. The summed E-state index contributed by atoms with van der Waals surface area (Å²) in [5.41, 5.74) is 5.70. The second-order valence-electron chi connectivity index (χ2n) is 6.13. The standard InChI is InChI=1S/C15H29N3O/c1-13-6-2-5-11-18(13)15(19)12-17-10-4-3-7-14(17)8-9-16/h13-14H,2-12,16H2,1H3. The third kappa shape index (κ3) is 3.93. The Morgan fingerprint density at radius 3 is 2.63 bits per heavy atom. The van der Waals surface area contributed by atoms with E-state index in [-0.39, 0.29) is 0 Å². The van der Waals surface area contributed by atoms with Crippen molar-refractivity contribution in [2.45, 2.75) is 64.0 Å². The van der Waals surface area contributed by atoms with Crippen molar-refractivity contribution in [1.29, 1.82) is 0 Å². The van der Waals surface area contributed by atoms with E-state index in [9.17, 15) is 4.79 Å². The lowest BCUT2D eigenvalue weighted by atomic mass is 9.99. The first-order valence-corrected chi connectivity index (χ1v) is 7.96. The molecule has 2 aliphatic rings. The maximum Gasteiger partial charge on any atom is 0.236 e. The van der Waals surface area contributed by atoms with Gasteiger partial charge < -0.3 is 10.6 Å². The zero-order valence-corrected chi connectivity index (χ0v) is 12.3. The second-order valence-corrected chi connectivity index (χ2v) is 6.13. The molecule has 0 aliphatic carbocycles. The number of carbonyl (C=O) groups is 1. The van der Waals surface area contributed by atoms with Gasteiger partial charge in [-0.05, 0) is 58.5 Å². The van der Waals surface area contributed by atoms with Gasteiger partial charge in [0.25, 0.3) is 0 Å². The Balaban J connectivity index is 1.88. The maximum atomic E-state index is 12.5. The second kappa shape index (κ2) is 7.25. The molecule has 2 rings (SSSR count). The van der Waals surface area contributed by atoms with E-state index < -0.39 is 0 Å². The van der Waals surface area contributed by atoms with Gasteiger partial charge in [0, 0.05) is 18.6 Å². The van der Waals surface area contributed by atoms with Crippen molar-refractivity contribution in [3.05, 3.63) is 0 Å². The van der Waals surface area contributed by atoms with Crippen LogP contribution in [0.4, 0.5) is 0 Å². The van der Waals surface area contributed by atoms with Crippen molar-refractivity contribution in [2.24, 2.45) is 5.73 Å². The summed E-state index contributed by atoms with van der Waals surface area (Å²) >= 11 is 0. The molecule has 2 saturated heterocycles. The van der Waals surface area contributed by atoms with Crippen LogP contribution in [0.2, 0.25) is 0 Å². The largest absolute Gasteiger partial charge is 0.339 e. The number of rotatable bonds is 4. The topological polar surface area (TPSA) is 49.6 Å². The number of amides is 1. The molecular weight excluding hydrogens is 238 g/mol. The highest BCUT2D eigenvalue weighted by Crippen LogP contribution is 2.21. The lowest BCUT2D eigenvalue weighted by Gasteiger charge is -2.39. The molecule has 0 aromatic heterocycles. The van der Waals surface area contributed by atoms with Gasteiger partial charge in [0.2, 0.25) is 5.91 Å². The first-order valence-electron chi connectivity index (χ1n) is 7.96. The van der Waals surface area contributed by atoms with E-state index in [4.69, 9.17) is 5.73 Å². The highest BCUT2D eigenvalue weighted by atomic mass is 16.2. The quantitative estimate of drug-likeness (QED) is 0.841. The molecule has 2 N–H and O–H groups in total. The molecular formula is C15H29N3O. The van der Waals surface area contributed by atoms with Crippen molar-refractivity contribution < 1.29 is 4.79 Å². The Bertz CT molecular complexity index is 293.